The lowest BCUT2D eigenvalue weighted by Crippen LogP contribution is -2.23. The van der Waals surface area contributed by atoms with E-state index in [1.54, 1.807) is 36.4 Å². The summed E-state index contributed by atoms with van der Waals surface area (Å²) in [6.45, 7) is 4.87. The normalized spacial score (nSPS) is 12.2. The van der Waals surface area contributed by atoms with Crippen LogP contribution in [0.4, 0.5) is 13.2 Å². The van der Waals surface area contributed by atoms with E-state index in [0.717, 1.165) is 41.9 Å². The van der Waals surface area contributed by atoms with Crippen LogP contribution < -0.4 is 9.47 Å². The van der Waals surface area contributed by atoms with E-state index >= 15 is 0 Å². The smallest absolute Gasteiger partial charge is 0.391 e. The Morgan fingerprint density at radius 1 is 0.651 bits per heavy atom. The first-order valence-electron chi connectivity index (χ1n) is 16.0. The fourth-order valence-corrected chi connectivity index (χ4v) is 5.12. The Labute approximate surface area is 255 Å². The van der Waals surface area contributed by atoms with Gasteiger partial charge in [0.1, 0.15) is 11.5 Å². The molecule has 3 nitrogen and oxygen atoms in total. The molecule has 1 unspecified atom stereocenters. The van der Waals surface area contributed by atoms with Gasteiger partial charge in [-0.2, -0.15) is 13.2 Å². The van der Waals surface area contributed by atoms with Crippen molar-refractivity contribution in [1.29, 1.82) is 0 Å². The molecule has 234 valence electrons. The van der Waals surface area contributed by atoms with Gasteiger partial charge < -0.3 is 9.47 Å². The molecule has 6 heteroatoms. The van der Waals surface area contributed by atoms with Crippen molar-refractivity contribution in [3.05, 3.63) is 83.9 Å². The van der Waals surface area contributed by atoms with Crippen LogP contribution in [0.5, 0.6) is 11.5 Å². The molecule has 0 aliphatic carbocycles. The van der Waals surface area contributed by atoms with Crippen LogP contribution in [0, 0.1) is 5.92 Å². The minimum Gasteiger partial charge on any atom is -0.494 e. The molecule has 0 spiro atoms. The van der Waals surface area contributed by atoms with Crippen LogP contribution in [0.15, 0.2) is 72.8 Å². The van der Waals surface area contributed by atoms with Crippen LogP contribution in [0.2, 0.25) is 0 Å². The van der Waals surface area contributed by atoms with Crippen molar-refractivity contribution in [3.8, 4) is 22.6 Å². The number of halogens is 3. The van der Waals surface area contributed by atoms with Crippen LogP contribution in [-0.2, 0) is 6.42 Å². The Morgan fingerprint density at radius 2 is 1.19 bits per heavy atom. The number of carbonyl (C=O) groups excluding carboxylic acids is 1. The second-order valence-electron chi connectivity index (χ2n) is 11.4. The Balaban J connectivity index is 1.42. The fraction of sp³-hybridized carbons (Fsp3) is 0.486. The van der Waals surface area contributed by atoms with Gasteiger partial charge in [-0.3, -0.25) is 0 Å². The maximum Gasteiger partial charge on any atom is 0.391 e. The molecule has 3 rings (SSSR count). The van der Waals surface area contributed by atoms with Crippen LogP contribution in [0.3, 0.4) is 0 Å². The van der Waals surface area contributed by atoms with E-state index in [0.29, 0.717) is 24.2 Å². The lowest BCUT2D eigenvalue weighted by atomic mass is 9.94. The first kappa shape index (κ1) is 34.2. The summed E-state index contributed by atoms with van der Waals surface area (Å²) in [5.41, 5.74) is 3.21. The predicted octanol–water partition coefficient (Wildman–Crippen LogP) is 11.4. The summed E-state index contributed by atoms with van der Waals surface area (Å²) >= 11 is 0. The number of hydrogen-bond acceptors (Lipinski definition) is 3. The lowest BCUT2D eigenvalue weighted by molar-refractivity contribution is -0.178. The highest BCUT2D eigenvalue weighted by Gasteiger charge is 2.38. The molecule has 0 aliphatic rings. The summed E-state index contributed by atoms with van der Waals surface area (Å²) in [5, 5.41) is 0. The van der Waals surface area contributed by atoms with Gasteiger partial charge in [0.25, 0.3) is 0 Å². The third-order valence-electron chi connectivity index (χ3n) is 7.86. The van der Waals surface area contributed by atoms with Gasteiger partial charge in [-0.25, -0.2) is 4.79 Å². The summed E-state index contributed by atoms with van der Waals surface area (Å²) in [7, 11) is 0. The summed E-state index contributed by atoms with van der Waals surface area (Å²) in [4.78, 5) is 12.7. The minimum absolute atomic E-state index is 0.0596. The van der Waals surface area contributed by atoms with E-state index < -0.39 is 18.1 Å². The van der Waals surface area contributed by atoms with E-state index in [-0.39, 0.29) is 12.8 Å². The molecule has 0 saturated carbocycles. The Bertz CT molecular complexity index is 1190. The fourth-order valence-electron chi connectivity index (χ4n) is 5.12. The molecule has 0 amide bonds. The van der Waals surface area contributed by atoms with Gasteiger partial charge in [0.05, 0.1) is 18.1 Å². The maximum atomic E-state index is 13.3. The summed E-state index contributed by atoms with van der Waals surface area (Å²) < 4.78 is 51.3. The monoisotopic (exact) mass is 596 g/mol. The molecule has 0 saturated heterocycles. The number of unbranched alkanes of at least 4 members (excludes halogenated alkanes) is 8. The van der Waals surface area contributed by atoms with Crippen LogP contribution >= 0.6 is 0 Å². The molecule has 0 aromatic heterocycles. The molecular weight excluding hydrogens is 549 g/mol. The number of alkyl halides is 3. The van der Waals surface area contributed by atoms with Gasteiger partial charge >= 0.3 is 12.1 Å². The number of benzene rings is 3. The van der Waals surface area contributed by atoms with Crippen molar-refractivity contribution < 1.29 is 27.4 Å². The van der Waals surface area contributed by atoms with Crippen molar-refractivity contribution >= 4 is 5.97 Å². The van der Waals surface area contributed by atoms with E-state index in [1.807, 2.05) is 43.3 Å². The Kier molecular flexibility index (Phi) is 14.6. The third-order valence-corrected chi connectivity index (χ3v) is 7.86. The van der Waals surface area contributed by atoms with E-state index in [4.69, 9.17) is 9.47 Å². The van der Waals surface area contributed by atoms with E-state index in [1.165, 1.54) is 44.9 Å². The van der Waals surface area contributed by atoms with Crippen molar-refractivity contribution in [2.24, 2.45) is 5.92 Å². The molecule has 0 radical (unpaired) electrons. The minimum atomic E-state index is -4.18. The Morgan fingerprint density at radius 3 is 1.77 bits per heavy atom. The number of hydrogen-bond donors (Lipinski definition) is 0. The van der Waals surface area contributed by atoms with Gasteiger partial charge in [0.15, 0.2) is 0 Å². The lowest BCUT2D eigenvalue weighted by Gasteiger charge is -2.20. The van der Waals surface area contributed by atoms with Crippen molar-refractivity contribution in [2.75, 3.05) is 6.61 Å². The summed E-state index contributed by atoms with van der Waals surface area (Å²) in [6, 6.07) is 21.9. The molecule has 1 atom stereocenters. The van der Waals surface area contributed by atoms with Gasteiger partial charge in [-0.05, 0) is 78.8 Å². The molecule has 43 heavy (non-hydrogen) atoms. The van der Waals surface area contributed by atoms with Crippen LogP contribution in [-0.4, -0.2) is 18.8 Å². The SMILES string of the molecule is CCCCCCCCCCOc1ccc(-c2ccc(C(=O)Oc3ccc(CCC(CCCC)C(F)(F)F)cc3)cc2)cc1. The standard InChI is InChI=1S/C37H47F3O3/c1-3-5-7-8-9-10-11-12-28-42-34-26-21-31(22-27-34)30-17-19-32(20-18-30)36(41)43-35-24-15-29(16-25-35)14-23-33(13-6-4-2)37(38,39)40/h15-22,24-27,33H,3-14,23,28H2,1-2H3. The van der Waals surface area contributed by atoms with Crippen molar-refractivity contribution in [3.63, 3.8) is 0 Å². The zero-order valence-corrected chi connectivity index (χ0v) is 25.8. The number of rotatable bonds is 19. The molecule has 0 fully saturated rings. The molecular formula is C37H47F3O3. The van der Waals surface area contributed by atoms with Crippen molar-refractivity contribution in [1.82, 2.24) is 0 Å². The number of esters is 1. The molecule has 0 bridgehead atoms. The highest BCUT2D eigenvalue weighted by atomic mass is 19.4. The van der Waals surface area contributed by atoms with Crippen LogP contribution in [0.25, 0.3) is 11.1 Å². The number of carbonyl (C=O) groups is 1. The molecule has 0 aliphatic heterocycles. The second-order valence-corrected chi connectivity index (χ2v) is 11.4. The zero-order valence-electron chi connectivity index (χ0n) is 25.8. The largest absolute Gasteiger partial charge is 0.494 e. The molecule has 3 aromatic rings. The van der Waals surface area contributed by atoms with Crippen molar-refractivity contribution in [2.45, 2.75) is 103 Å². The number of ether oxygens (including phenoxy) is 2. The zero-order chi connectivity index (χ0) is 30.9. The molecule has 3 aromatic carbocycles. The summed E-state index contributed by atoms with van der Waals surface area (Å²) in [5.74, 6) is -0.558. The van der Waals surface area contributed by atoms with Crippen LogP contribution in [0.1, 0.15) is 107 Å². The topological polar surface area (TPSA) is 35.5 Å². The predicted molar refractivity (Wildman–Crippen MR) is 169 cm³/mol. The van der Waals surface area contributed by atoms with Gasteiger partial charge in [-0.15, -0.1) is 0 Å². The van der Waals surface area contributed by atoms with Gasteiger partial charge in [-0.1, -0.05) is 108 Å². The first-order chi connectivity index (χ1) is 20.8. The highest BCUT2D eigenvalue weighted by molar-refractivity contribution is 5.91. The first-order valence-corrected chi connectivity index (χ1v) is 16.0. The second kappa shape index (κ2) is 18.4. The average Bonchev–Trinajstić information content (AvgIpc) is 3.01. The average molecular weight is 597 g/mol. The quantitative estimate of drug-likeness (QED) is 0.0784. The number of aryl methyl sites for hydroxylation is 1. The van der Waals surface area contributed by atoms with E-state index in [9.17, 15) is 18.0 Å². The molecule has 0 heterocycles. The van der Waals surface area contributed by atoms with Gasteiger partial charge in [0.2, 0.25) is 0 Å². The third kappa shape index (κ3) is 12.5. The summed E-state index contributed by atoms with van der Waals surface area (Å²) in [6.07, 6.45) is 7.86. The van der Waals surface area contributed by atoms with Gasteiger partial charge in [0, 0.05) is 0 Å². The Hall–Kier alpha value is -3.28. The maximum absolute atomic E-state index is 13.3. The highest BCUT2D eigenvalue weighted by Crippen LogP contribution is 2.34. The molecule has 0 N–H and O–H groups in total. The van der Waals surface area contributed by atoms with E-state index in [2.05, 4.69) is 6.92 Å².